The SMILES string of the molecule is Cc1cc(COc2ccc(S(=O)(=O)NC(Cc3n[nH]c(=O)s3)C(=O)OCc3ccccc3)cc2)c2ccccc2n1. The molecule has 0 saturated heterocycles. The summed E-state index contributed by atoms with van der Waals surface area (Å²) in [6.45, 7) is 2.16. The fourth-order valence-corrected chi connectivity index (χ4v) is 6.00. The van der Waals surface area contributed by atoms with Gasteiger partial charge in [0.05, 0.1) is 10.4 Å². The van der Waals surface area contributed by atoms with Crippen molar-refractivity contribution in [3.63, 3.8) is 0 Å². The fraction of sp³-hybridized carbons (Fsp3) is 0.172. The molecule has 2 aromatic heterocycles. The Labute approximate surface area is 240 Å². The van der Waals surface area contributed by atoms with Gasteiger partial charge in [0.2, 0.25) is 10.0 Å². The van der Waals surface area contributed by atoms with Crippen molar-refractivity contribution in [2.45, 2.75) is 37.5 Å². The van der Waals surface area contributed by atoms with Gasteiger partial charge in [0, 0.05) is 23.1 Å². The summed E-state index contributed by atoms with van der Waals surface area (Å²) in [5.41, 5.74) is 3.45. The van der Waals surface area contributed by atoms with Gasteiger partial charge in [-0.15, -0.1) is 0 Å². The lowest BCUT2D eigenvalue weighted by Gasteiger charge is -2.17. The van der Waals surface area contributed by atoms with E-state index >= 15 is 0 Å². The van der Waals surface area contributed by atoms with Crippen molar-refractivity contribution in [3.05, 3.63) is 116 Å². The number of aryl methyl sites for hydroxylation is 1. The van der Waals surface area contributed by atoms with Crippen LogP contribution in [0, 0.1) is 6.92 Å². The zero-order valence-corrected chi connectivity index (χ0v) is 23.6. The van der Waals surface area contributed by atoms with Crippen molar-refractivity contribution in [3.8, 4) is 5.75 Å². The van der Waals surface area contributed by atoms with E-state index in [0.29, 0.717) is 5.75 Å². The third-order valence-electron chi connectivity index (χ3n) is 6.13. The first-order valence-corrected chi connectivity index (χ1v) is 14.9. The molecule has 2 heterocycles. The van der Waals surface area contributed by atoms with Gasteiger partial charge in [0.1, 0.15) is 30.0 Å². The van der Waals surface area contributed by atoms with Crippen LogP contribution in [0.5, 0.6) is 5.75 Å². The van der Waals surface area contributed by atoms with Crippen LogP contribution in [0.15, 0.2) is 94.6 Å². The molecule has 3 aromatic carbocycles. The maximum absolute atomic E-state index is 13.2. The van der Waals surface area contributed by atoms with Crippen LogP contribution in [0.25, 0.3) is 10.9 Å². The largest absolute Gasteiger partial charge is 0.489 e. The highest BCUT2D eigenvalue weighted by atomic mass is 32.2. The molecule has 0 spiro atoms. The van der Waals surface area contributed by atoms with Gasteiger partial charge in [-0.25, -0.2) is 13.5 Å². The van der Waals surface area contributed by atoms with E-state index in [2.05, 4.69) is 19.9 Å². The minimum atomic E-state index is -4.15. The Balaban J connectivity index is 1.28. The second-order valence-corrected chi connectivity index (χ2v) is 11.9. The molecule has 1 unspecified atom stereocenters. The van der Waals surface area contributed by atoms with Crippen LogP contribution in [-0.4, -0.2) is 35.6 Å². The van der Waals surface area contributed by atoms with Gasteiger partial charge >= 0.3 is 10.8 Å². The first-order chi connectivity index (χ1) is 19.8. The standard InChI is InChI=1S/C29H26N4O6S2/c1-19-15-21(24-9-5-6-10-25(24)30-19)18-38-22-11-13-23(14-12-22)41(36,37)33-26(16-27-31-32-29(35)40-27)28(34)39-17-20-7-3-2-4-8-20/h2-15,26,33H,16-18H2,1H3,(H,32,35). The Morgan fingerprint density at radius 3 is 2.46 bits per heavy atom. The molecule has 0 amide bonds. The van der Waals surface area contributed by atoms with E-state index in [1.165, 1.54) is 12.1 Å². The van der Waals surface area contributed by atoms with Crippen molar-refractivity contribution >= 4 is 38.2 Å². The molecule has 10 nitrogen and oxygen atoms in total. The van der Waals surface area contributed by atoms with E-state index in [-0.39, 0.29) is 29.5 Å². The van der Waals surface area contributed by atoms with Gasteiger partial charge in [0.25, 0.3) is 0 Å². The van der Waals surface area contributed by atoms with E-state index in [1.54, 1.807) is 36.4 Å². The number of aromatic nitrogens is 3. The molecule has 1 atom stereocenters. The predicted octanol–water partition coefficient (Wildman–Crippen LogP) is 3.90. The van der Waals surface area contributed by atoms with Crippen LogP contribution in [0.3, 0.4) is 0 Å². The number of carbonyl (C=O) groups is 1. The number of sulfonamides is 1. The Bertz CT molecular complexity index is 1820. The maximum Gasteiger partial charge on any atom is 0.324 e. The molecular weight excluding hydrogens is 564 g/mol. The number of fused-ring (bicyclic) bond motifs is 1. The molecule has 0 aliphatic rings. The topological polar surface area (TPSA) is 140 Å². The minimum Gasteiger partial charge on any atom is -0.489 e. The number of carbonyl (C=O) groups excluding carboxylic acids is 1. The van der Waals surface area contributed by atoms with Gasteiger partial charge < -0.3 is 9.47 Å². The van der Waals surface area contributed by atoms with Crippen LogP contribution in [0.1, 0.15) is 21.8 Å². The zero-order valence-electron chi connectivity index (χ0n) is 21.9. The molecule has 5 rings (SSSR count). The average molecular weight is 591 g/mol. The van der Waals surface area contributed by atoms with Crippen LogP contribution in [0.4, 0.5) is 0 Å². The molecular formula is C29H26N4O6S2. The molecule has 12 heteroatoms. The highest BCUT2D eigenvalue weighted by Crippen LogP contribution is 2.22. The van der Waals surface area contributed by atoms with Gasteiger partial charge in [-0.2, -0.15) is 9.82 Å². The number of benzene rings is 3. The van der Waals surface area contributed by atoms with Crippen molar-refractivity contribution in [2.75, 3.05) is 0 Å². The van der Waals surface area contributed by atoms with E-state index in [9.17, 15) is 18.0 Å². The first kappa shape index (κ1) is 28.1. The number of nitrogens with zero attached hydrogens (tertiary/aromatic N) is 2. The number of pyridine rings is 1. The summed E-state index contributed by atoms with van der Waals surface area (Å²) in [4.78, 5) is 28.6. The molecule has 0 aliphatic carbocycles. The normalized spacial score (nSPS) is 12.2. The van der Waals surface area contributed by atoms with Crippen LogP contribution >= 0.6 is 11.3 Å². The molecule has 0 saturated carbocycles. The zero-order chi connectivity index (χ0) is 28.8. The monoisotopic (exact) mass is 590 g/mol. The summed E-state index contributed by atoms with van der Waals surface area (Å²) in [6, 6.07) is 23.3. The second kappa shape index (κ2) is 12.4. The van der Waals surface area contributed by atoms with Crippen LogP contribution in [-0.2, 0) is 39.2 Å². The van der Waals surface area contributed by atoms with Gasteiger partial charge in [-0.05, 0) is 48.9 Å². The minimum absolute atomic E-state index is 0.0347. The number of para-hydroxylation sites is 1. The molecule has 0 fully saturated rings. The highest BCUT2D eigenvalue weighted by molar-refractivity contribution is 7.89. The van der Waals surface area contributed by atoms with Crippen molar-refractivity contribution in [1.29, 1.82) is 0 Å². The molecule has 41 heavy (non-hydrogen) atoms. The number of esters is 1. The lowest BCUT2D eigenvalue weighted by Crippen LogP contribution is -2.43. The summed E-state index contributed by atoms with van der Waals surface area (Å²) in [7, 11) is -4.15. The number of rotatable bonds is 11. The van der Waals surface area contributed by atoms with E-state index in [1.807, 2.05) is 43.3 Å². The maximum atomic E-state index is 13.2. The van der Waals surface area contributed by atoms with E-state index in [4.69, 9.17) is 9.47 Å². The third kappa shape index (κ3) is 7.23. The van der Waals surface area contributed by atoms with E-state index in [0.717, 1.165) is 39.1 Å². The first-order valence-electron chi connectivity index (χ1n) is 12.6. The number of hydrogen-bond acceptors (Lipinski definition) is 9. The van der Waals surface area contributed by atoms with Gasteiger partial charge in [-0.3, -0.25) is 14.6 Å². The summed E-state index contributed by atoms with van der Waals surface area (Å²) >= 11 is 0.791. The lowest BCUT2D eigenvalue weighted by molar-refractivity contribution is -0.147. The summed E-state index contributed by atoms with van der Waals surface area (Å²) in [5, 5.41) is 7.38. The molecule has 2 N–H and O–H groups in total. The van der Waals surface area contributed by atoms with Crippen molar-refractivity contribution < 1.29 is 22.7 Å². The molecule has 0 bridgehead atoms. The third-order valence-corrected chi connectivity index (χ3v) is 8.38. The Kier molecular flexibility index (Phi) is 8.53. The summed E-state index contributed by atoms with van der Waals surface area (Å²) in [6.07, 6.45) is -0.156. The number of hydrogen-bond donors (Lipinski definition) is 2. The summed E-state index contributed by atoms with van der Waals surface area (Å²) < 4.78 is 40.2. The highest BCUT2D eigenvalue weighted by Gasteiger charge is 2.28. The molecule has 0 radical (unpaired) electrons. The summed E-state index contributed by atoms with van der Waals surface area (Å²) in [5.74, 6) is -0.317. The molecule has 5 aromatic rings. The number of aromatic amines is 1. The average Bonchev–Trinajstić information content (AvgIpc) is 3.39. The van der Waals surface area contributed by atoms with Gasteiger partial charge in [0.15, 0.2) is 0 Å². The van der Waals surface area contributed by atoms with Crippen molar-refractivity contribution in [1.82, 2.24) is 19.9 Å². The number of H-pyrrole nitrogens is 1. The molecule has 0 aliphatic heterocycles. The van der Waals surface area contributed by atoms with E-state index < -0.39 is 26.9 Å². The van der Waals surface area contributed by atoms with Crippen LogP contribution in [0.2, 0.25) is 0 Å². The Morgan fingerprint density at radius 1 is 1.00 bits per heavy atom. The second-order valence-electron chi connectivity index (χ2n) is 9.18. The fourth-order valence-electron chi connectivity index (χ4n) is 4.17. The predicted molar refractivity (Wildman–Crippen MR) is 154 cm³/mol. The Hall–Kier alpha value is -4.39. The number of nitrogens with one attached hydrogen (secondary N) is 2. The number of ether oxygens (including phenoxy) is 2. The van der Waals surface area contributed by atoms with Crippen molar-refractivity contribution in [2.24, 2.45) is 0 Å². The van der Waals surface area contributed by atoms with Crippen LogP contribution < -0.4 is 14.3 Å². The quantitative estimate of drug-likeness (QED) is 0.221. The molecule has 210 valence electrons. The lowest BCUT2D eigenvalue weighted by atomic mass is 10.1. The smallest absolute Gasteiger partial charge is 0.324 e. The van der Waals surface area contributed by atoms with Gasteiger partial charge in [-0.1, -0.05) is 59.9 Å². The Morgan fingerprint density at radius 2 is 1.73 bits per heavy atom.